The van der Waals surface area contributed by atoms with Gasteiger partial charge in [-0.15, -0.1) is 0 Å². The van der Waals surface area contributed by atoms with E-state index >= 15 is 0 Å². The first-order valence-electron chi connectivity index (χ1n) is 26.1. The molecule has 0 saturated carbocycles. The Morgan fingerprint density at radius 3 is 1.36 bits per heavy atom. The largest absolute Gasteiger partial charge is 0.494 e. The van der Waals surface area contributed by atoms with E-state index < -0.39 is 0 Å². The predicted octanol–water partition coefficient (Wildman–Crippen LogP) is 17.3. The van der Waals surface area contributed by atoms with Crippen LogP contribution in [-0.4, -0.2) is 27.5 Å². The smallest absolute Gasteiger partial charge is 0.399 e. The van der Waals surface area contributed by atoms with Crippen LogP contribution in [0, 0.1) is 44.1 Å². The van der Waals surface area contributed by atoms with Gasteiger partial charge in [0.05, 0.1) is 57.0 Å². The van der Waals surface area contributed by atoms with Gasteiger partial charge in [-0.3, -0.25) is 0 Å². The molecule has 1 aliphatic heterocycles. The molecule has 0 spiro atoms. The monoisotopic (exact) mass is 1140 g/mol. The first-order valence-corrected chi connectivity index (χ1v) is 27.2. The molecule has 8 nitrogen and oxygen atoms in total. The van der Waals surface area contributed by atoms with Gasteiger partial charge in [0.15, 0.2) is 5.69 Å². The van der Waals surface area contributed by atoms with Crippen LogP contribution in [0.2, 0.25) is 0 Å². The number of nitrogens with zero attached hydrogens (tertiary/aromatic N) is 6. The van der Waals surface area contributed by atoms with E-state index in [1.54, 1.807) is 36.4 Å². The predicted molar refractivity (Wildman–Crippen MR) is 333 cm³/mol. The van der Waals surface area contributed by atoms with Crippen molar-refractivity contribution in [1.29, 1.82) is 15.8 Å². The maximum atomic E-state index is 9.70. The van der Waals surface area contributed by atoms with Crippen LogP contribution in [0.3, 0.4) is 0 Å². The van der Waals surface area contributed by atoms with Crippen molar-refractivity contribution in [2.24, 2.45) is 0 Å². The third-order valence-corrected chi connectivity index (χ3v) is 16.3. The van der Waals surface area contributed by atoms with E-state index in [2.05, 4.69) is 224 Å². The summed E-state index contributed by atoms with van der Waals surface area (Å²) in [5, 5.41) is 31.5. The summed E-state index contributed by atoms with van der Waals surface area (Å²) in [7, 11) is -0.377. The molecule has 3 heterocycles. The summed E-state index contributed by atoms with van der Waals surface area (Å²) in [4.78, 5) is 3.68. The second-order valence-electron chi connectivity index (χ2n) is 20.4. The first-order chi connectivity index (χ1) is 38.9. The van der Waals surface area contributed by atoms with E-state index in [1.807, 2.05) is 52.9 Å². The molecule has 10 aromatic carbocycles. The van der Waals surface area contributed by atoms with Crippen LogP contribution in [0.4, 0.5) is 5.69 Å². The van der Waals surface area contributed by atoms with E-state index in [-0.39, 0.29) is 18.3 Å². The molecule has 0 unspecified atom stereocenters. The molecular weight excluding hydrogens is 1090 g/mol. The Bertz CT molecular complexity index is 4440. The molecule has 1 saturated heterocycles. The number of hydrogen-bond acceptors (Lipinski definition) is 5. The van der Waals surface area contributed by atoms with Crippen LogP contribution in [0.1, 0.15) is 44.4 Å². The highest BCUT2D eigenvalue weighted by molar-refractivity contribution is 14.1. The molecule has 1 fully saturated rings. The number of hydrogen-bond donors (Lipinski definition) is 0. The normalized spacial score (nSPS) is 13.1. The Morgan fingerprint density at radius 2 is 0.850 bits per heavy atom. The van der Waals surface area contributed by atoms with Crippen molar-refractivity contribution in [3.63, 3.8) is 0 Å². The lowest BCUT2D eigenvalue weighted by molar-refractivity contribution is 0.00578. The van der Waals surface area contributed by atoms with Gasteiger partial charge in [-0.25, -0.2) is 4.85 Å². The van der Waals surface area contributed by atoms with E-state index in [9.17, 15) is 5.26 Å². The highest BCUT2D eigenvalue weighted by atomic mass is 127. The Morgan fingerprint density at radius 1 is 0.425 bits per heavy atom. The zero-order chi connectivity index (χ0) is 55.5. The number of halogens is 1. The maximum Gasteiger partial charge on any atom is 0.494 e. The molecule has 0 aliphatic carbocycles. The summed E-state index contributed by atoms with van der Waals surface area (Å²) in [5.41, 5.74) is 15.6. The van der Waals surface area contributed by atoms with Crippen molar-refractivity contribution in [1.82, 2.24) is 9.13 Å². The zero-order valence-corrected chi connectivity index (χ0v) is 46.6. The van der Waals surface area contributed by atoms with Crippen LogP contribution in [0.25, 0.3) is 93.2 Å². The Balaban J connectivity index is 0.000000142. The lowest BCUT2D eigenvalue weighted by Gasteiger charge is -2.32. The van der Waals surface area contributed by atoms with Gasteiger partial charge in [-0.2, -0.15) is 15.8 Å². The molecule has 1 aliphatic rings. The molecule has 382 valence electrons. The Hall–Kier alpha value is -9.53. The zero-order valence-electron chi connectivity index (χ0n) is 44.4. The Kier molecular flexibility index (Phi) is 14.5. The lowest BCUT2D eigenvalue weighted by atomic mass is 9.78. The van der Waals surface area contributed by atoms with Crippen molar-refractivity contribution in [2.45, 2.75) is 38.9 Å². The van der Waals surface area contributed by atoms with E-state index in [4.69, 9.17) is 26.4 Å². The van der Waals surface area contributed by atoms with Gasteiger partial charge < -0.3 is 18.4 Å². The summed E-state index contributed by atoms with van der Waals surface area (Å²) >= 11 is 2.00. The van der Waals surface area contributed by atoms with Gasteiger partial charge in [0.1, 0.15) is 12.1 Å². The molecule has 10 heteroatoms. The molecule has 12 aromatic rings. The van der Waals surface area contributed by atoms with Gasteiger partial charge in [-0.1, -0.05) is 158 Å². The van der Waals surface area contributed by atoms with Crippen LogP contribution in [-0.2, 0) is 9.31 Å². The third-order valence-electron chi connectivity index (χ3n) is 15.1. The quantitative estimate of drug-likeness (QED) is 0.0937. The number of nitriles is 3. The Labute approximate surface area is 479 Å². The van der Waals surface area contributed by atoms with E-state index in [0.717, 1.165) is 53.3 Å². The number of para-hydroxylation sites is 2. The van der Waals surface area contributed by atoms with E-state index in [1.165, 1.54) is 38.5 Å². The second kappa shape index (κ2) is 22.1. The number of aromatic nitrogens is 2. The molecule has 80 heavy (non-hydrogen) atoms. The molecule has 0 atom stereocenters. The van der Waals surface area contributed by atoms with Crippen LogP contribution >= 0.6 is 22.6 Å². The standard InChI is InChI=1S/C32H19N3.C30H28BNO2.C8H3IN2/c1-34-29-15-8-12-25(21-33)32(29)24-17-18-31-28(20-24)27-14-5-6-16-30(27)35(31)26-13-7-11-23(19-26)22-9-3-2-4-10-22;1-29(2)30(3,4)34-31(33-29)23-17-18-28-26(20-23)25-15-8-9-16-27(25)32(28)24-14-10-13-22(19-24)21-11-6-5-7-12-21;9-8-6(4-10)2-1-3-7(8)5-11/h2-20H;5-20H,1-4H3;1-3H. The van der Waals surface area contributed by atoms with Crippen molar-refractivity contribution in [3.8, 4) is 63.0 Å². The maximum absolute atomic E-state index is 9.70. The summed E-state index contributed by atoms with van der Waals surface area (Å²) in [6.07, 6.45) is 0. The summed E-state index contributed by atoms with van der Waals surface area (Å²) in [6.45, 7) is 16.0. The van der Waals surface area contributed by atoms with Crippen LogP contribution in [0.5, 0.6) is 0 Å². The molecule has 0 N–H and O–H groups in total. The van der Waals surface area contributed by atoms with Crippen LogP contribution < -0.4 is 5.46 Å². The van der Waals surface area contributed by atoms with E-state index in [0.29, 0.717) is 27.9 Å². The summed E-state index contributed by atoms with van der Waals surface area (Å²) in [5.74, 6) is 0. The minimum atomic E-state index is -0.377. The van der Waals surface area contributed by atoms with Crippen molar-refractivity contribution >= 4 is 84.5 Å². The lowest BCUT2D eigenvalue weighted by Crippen LogP contribution is -2.41. The minimum absolute atomic E-state index is 0.363. The highest BCUT2D eigenvalue weighted by Crippen LogP contribution is 2.41. The highest BCUT2D eigenvalue weighted by Gasteiger charge is 2.51. The average molecular weight is 1140 g/mol. The third kappa shape index (κ3) is 9.90. The molecule has 2 aromatic heterocycles. The average Bonchev–Trinajstić information content (AvgIpc) is 4.13. The van der Waals surface area contributed by atoms with Crippen molar-refractivity contribution < 1.29 is 9.31 Å². The number of rotatable bonds is 6. The molecule has 0 amide bonds. The fraction of sp³-hybridized carbons (Fsp3) is 0.0857. The fourth-order valence-electron chi connectivity index (χ4n) is 10.4. The SMILES string of the molecule is CC1(C)OB(c2ccc3c(c2)c2ccccc2n3-c2cccc(-c3ccccc3)c2)OC1(C)C.N#Cc1cccc(C#N)c1I.[C-]#[N+]c1cccc(C#N)c1-c1ccc2c(c1)c1ccccc1n2-c1cccc(-c2ccccc2)c1. The second-order valence-corrected chi connectivity index (χ2v) is 21.5. The molecule has 0 bridgehead atoms. The molecular formula is C70H50BIN6O2. The molecule has 0 radical (unpaired) electrons. The van der Waals surface area contributed by atoms with Crippen molar-refractivity contribution in [2.75, 3.05) is 0 Å². The van der Waals surface area contributed by atoms with Gasteiger partial charge >= 0.3 is 7.12 Å². The van der Waals surface area contributed by atoms with Crippen molar-refractivity contribution in [3.05, 3.63) is 262 Å². The van der Waals surface area contributed by atoms with Gasteiger partial charge in [0.25, 0.3) is 0 Å². The van der Waals surface area contributed by atoms with Gasteiger partial charge in [-0.05, 0) is 156 Å². The summed E-state index contributed by atoms with van der Waals surface area (Å²) in [6, 6.07) is 84.7. The van der Waals surface area contributed by atoms with Gasteiger partial charge in [0, 0.05) is 47.6 Å². The fourth-order valence-corrected chi connectivity index (χ4v) is 11.0. The van der Waals surface area contributed by atoms with Gasteiger partial charge in [0.2, 0.25) is 0 Å². The number of fused-ring (bicyclic) bond motifs is 6. The minimum Gasteiger partial charge on any atom is -0.399 e. The first kappa shape index (κ1) is 52.5. The number of benzene rings is 10. The molecule has 13 rings (SSSR count). The topological polar surface area (TPSA) is 104 Å². The van der Waals surface area contributed by atoms with Crippen LogP contribution in [0.15, 0.2) is 231 Å². The summed E-state index contributed by atoms with van der Waals surface area (Å²) < 4.78 is 18.0.